The number of carbonyl (C=O) groups excluding carboxylic acids is 1. The zero-order chi connectivity index (χ0) is 12.7. The number of likely N-dealkylation sites (tertiary alicyclic amines) is 1. The third-order valence-electron chi connectivity index (χ3n) is 3.10. The maximum Gasteiger partial charge on any atom is 0.419 e. The molecule has 2 rings (SSSR count). The summed E-state index contributed by atoms with van der Waals surface area (Å²) in [6.45, 7) is -0.699. The molecule has 0 aliphatic carbocycles. The van der Waals surface area contributed by atoms with Gasteiger partial charge in [0, 0.05) is 24.6 Å². The summed E-state index contributed by atoms with van der Waals surface area (Å²) in [5.41, 5.74) is -2.74. The van der Waals surface area contributed by atoms with Crippen molar-refractivity contribution in [3.8, 4) is 0 Å². The molecule has 2 atom stereocenters. The van der Waals surface area contributed by atoms with Crippen LogP contribution in [0.5, 0.6) is 0 Å². The second-order valence-corrected chi connectivity index (χ2v) is 5.34. The first kappa shape index (κ1) is 13.0. The van der Waals surface area contributed by atoms with Gasteiger partial charge in [0.1, 0.15) is 0 Å². The highest BCUT2D eigenvalue weighted by molar-refractivity contribution is 7.99. The van der Waals surface area contributed by atoms with E-state index < -0.39 is 30.8 Å². The molecule has 17 heavy (non-hydrogen) atoms. The van der Waals surface area contributed by atoms with E-state index in [9.17, 15) is 23.1 Å². The molecule has 0 spiro atoms. The van der Waals surface area contributed by atoms with Crippen LogP contribution in [0.1, 0.15) is 6.42 Å². The first-order chi connectivity index (χ1) is 7.83. The number of halogens is 3. The average molecular weight is 270 g/mol. The molecule has 2 aliphatic rings. The minimum absolute atomic E-state index is 0.0440. The van der Waals surface area contributed by atoms with Crippen molar-refractivity contribution in [1.82, 2.24) is 10.2 Å². The van der Waals surface area contributed by atoms with E-state index in [2.05, 4.69) is 5.32 Å². The Morgan fingerprint density at radius 1 is 1.53 bits per heavy atom. The number of β-amino-alcohol motifs (C(OH)–C–C–N with tert-alkyl or cyclic N) is 1. The Morgan fingerprint density at radius 3 is 2.71 bits per heavy atom. The number of thioether (sulfide) groups is 1. The van der Waals surface area contributed by atoms with Crippen molar-refractivity contribution in [3.05, 3.63) is 0 Å². The highest BCUT2D eigenvalue weighted by atomic mass is 32.2. The molecule has 2 unspecified atom stereocenters. The lowest BCUT2D eigenvalue weighted by molar-refractivity contribution is -0.253. The summed E-state index contributed by atoms with van der Waals surface area (Å²) < 4.78 is 37.7. The Kier molecular flexibility index (Phi) is 3.30. The normalized spacial score (nSPS) is 34.4. The van der Waals surface area contributed by atoms with E-state index >= 15 is 0 Å². The molecule has 1 amide bonds. The van der Waals surface area contributed by atoms with Crippen molar-refractivity contribution in [2.45, 2.75) is 24.2 Å². The first-order valence-electron chi connectivity index (χ1n) is 5.22. The van der Waals surface area contributed by atoms with E-state index in [0.717, 1.165) is 4.90 Å². The van der Waals surface area contributed by atoms with Gasteiger partial charge in [-0.15, -0.1) is 11.8 Å². The van der Waals surface area contributed by atoms with Crippen molar-refractivity contribution in [2.75, 3.05) is 24.7 Å². The van der Waals surface area contributed by atoms with Crippen molar-refractivity contribution >= 4 is 17.7 Å². The Balaban J connectivity index is 2.00. The highest BCUT2D eigenvalue weighted by Crippen LogP contribution is 2.37. The summed E-state index contributed by atoms with van der Waals surface area (Å²) >= 11 is 1.53. The SMILES string of the molecule is O=C(C1CSCN1)N1CCC(O)(C(F)(F)F)C1. The molecule has 0 saturated carbocycles. The van der Waals surface area contributed by atoms with Gasteiger partial charge >= 0.3 is 6.18 Å². The predicted octanol–water partition coefficient (Wildman–Crippen LogP) is 0.175. The number of hydrogen-bond acceptors (Lipinski definition) is 4. The molecule has 0 radical (unpaired) electrons. The van der Waals surface area contributed by atoms with Crippen LogP contribution in [0, 0.1) is 0 Å². The smallest absolute Gasteiger partial charge is 0.379 e. The van der Waals surface area contributed by atoms with Gasteiger partial charge in [0.2, 0.25) is 5.91 Å². The number of nitrogens with zero attached hydrogens (tertiary/aromatic N) is 1. The molecule has 2 N–H and O–H groups in total. The number of hydrogen-bond donors (Lipinski definition) is 2. The van der Waals surface area contributed by atoms with E-state index in [1.54, 1.807) is 0 Å². The third kappa shape index (κ3) is 2.38. The van der Waals surface area contributed by atoms with Gasteiger partial charge in [0.15, 0.2) is 5.60 Å². The lowest BCUT2D eigenvalue weighted by Crippen LogP contribution is -2.50. The van der Waals surface area contributed by atoms with Gasteiger partial charge < -0.3 is 10.0 Å². The van der Waals surface area contributed by atoms with Gasteiger partial charge in [0.25, 0.3) is 0 Å². The molecule has 2 heterocycles. The van der Waals surface area contributed by atoms with Gasteiger partial charge in [0.05, 0.1) is 12.6 Å². The van der Waals surface area contributed by atoms with Gasteiger partial charge in [-0.25, -0.2) is 0 Å². The molecule has 0 aromatic carbocycles. The van der Waals surface area contributed by atoms with Crippen LogP contribution in [-0.2, 0) is 4.79 Å². The van der Waals surface area contributed by atoms with Crippen LogP contribution < -0.4 is 5.32 Å². The summed E-state index contributed by atoms with van der Waals surface area (Å²) in [5.74, 6) is 0.850. The molecule has 8 heteroatoms. The molecular formula is C9H13F3N2O2S. The van der Waals surface area contributed by atoms with Crippen molar-refractivity contribution in [1.29, 1.82) is 0 Å². The van der Waals surface area contributed by atoms with Crippen LogP contribution in [0.3, 0.4) is 0 Å². The molecule has 98 valence electrons. The second-order valence-electron chi connectivity index (χ2n) is 4.31. The average Bonchev–Trinajstić information content (AvgIpc) is 2.84. The quantitative estimate of drug-likeness (QED) is 0.713. The lowest BCUT2D eigenvalue weighted by atomic mass is 10.0. The zero-order valence-corrected chi connectivity index (χ0v) is 9.77. The minimum atomic E-state index is -4.68. The predicted molar refractivity (Wildman–Crippen MR) is 56.5 cm³/mol. The standard InChI is InChI=1S/C9H13F3N2O2S/c10-9(11,12)8(16)1-2-14(4-8)7(15)6-3-17-5-13-6/h6,13,16H,1-5H2. The number of amides is 1. The molecular weight excluding hydrogens is 257 g/mol. The van der Waals surface area contributed by atoms with Crippen molar-refractivity contribution in [2.24, 2.45) is 0 Å². The van der Waals surface area contributed by atoms with Crippen molar-refractivity contribution in [3.63, 3.8) is 0 Å². The highest BCUT2D eigenvalue weighted by Gasteiger charge is 2.58. The Bertz CT molecular complexity index is 320. The lowest BCUT2D eigenvalue weighted by Gasteiger charge is -2.26. The fraction of sp³-hybridized carbons (Fsp3) is 0.889. The summed E-state index contributed by atoms with van der Waals surface area (Å²) in [6.07, 6.45) is -5.12. The molecule has 4 nitrogen and oxygen atoms in total. The summed E-state index contributed by atoms with van der Waals surface area (Å²) in [5, 5.41) is 12.4. The largest absolute Gasteiger partial charge is 0.419 e. The van der Waals surface area contributed by atoms with Crippen LogP contribution in [0.15, 0.2) is 0 Å². The summed E-state index contributed by atoms with van der Waals surface area (Å²) in [4.78, 5) is 12.9. The van der Waals surface area contributed by atoms with E-state index in [1.807, 2.05) is 0 Å². The molecule has 2 saturated heterocycles. The van der Waals surface area contributed by atoms with Crippen LogP contribution in [-0.4, -0.2) is 58.5 Å². The monoisotopic (exact) mass is 270 g/mol. The van der Waals surface area contributed by atoms with Crippen molar-refractivity contribution < 1.29 is 23.1 Å². The third-order valence-corrected chi connectivity index (χ3v) is 4.04. The van der Waals surface area contributed by atoms with Crippen LogP contribution in [0.4, 0.5) is 13.2 Å². The maximum atomic E-state index is 12.6. The number of carbonyl (C=O) groups is 1. The maximum absolute atomic E-state index is 12.6. The summed E-state index contributed by atoms with van der Waals surface area (Å²) in [7, 11) is 0. The molecule has 0 aromatic rings. The zero-order valence-electron chi connectivity index (χ0n) is 8.96. The van der Waals surface area contributed by atoms with E-state index in [0.29, 0.717) is 11.6 Å². The topological polar surface area (TPSA) is 52.6 Å². The molecule has 2 aliphatic heterocycles. The van der Waals surface area contributed by atoms with Gasteiger partial charge in [-0.2, -0.15) is 13.2 Å². The number of rotatable bonds is 1. The number of nitrogens with one attached hydrogen (secondary N) is 1. The minimum Gasteiger partial charge on any atom is -0.379 e. The fourth-order valence-electron chi connectivity index (χ4n) is 1.99. The van der Waals surface area contributed by atoms with E-state index in [1.165, 1.54) is 11.8 Å². The Labute approximate surface area is 101 Å². The molecule has 2 fully saturated rings. The second kappa shape index (κ2) is 4.33. The first-order valence-corrected chi connectivity index (χ1v) is 6.38. The summed E-state index contributed by atoms with van der Waals surface area (Å²) in [6, 6.07) is -0.421. The van der Waals surface area contributed by atoms with Crippen LogP contribution >= 0.6 is 11.8 Å². The van der Waals surface area contributed by atoms with Gasteiger partial charge in [-0.05, 0) is 0 Å². The van der Waals surface area contributed by atoms with Gasteiger partial charge in [-0.3, -0.25) is 10.1 Å². The van der Waals surface area contributed by atoms with Crippen LogP contribution in [0.2, 0.25) is 0 Å². The Morgan fingerprint density at radius 2 is 2.24 bits per heavy atom. The van der Waals surface area contributed by atoms with Crippen LogP contribution in [0.25, 0.3) is 0 Å². The number of aliphatic hydroxyl groups is 1. The fourth-order valence-corrected chi connectivity index (χ4v) is 2.92. The van der Waals surface area contributed by atoms with E-state index in [4.69, 9.17) is 0 Å². The van der Waals surface area contributed by atoms with E-state index in [-0.39, 0.29) is 12.5 Å². The van der Waals surface area contributed by atoms with Gasteiger partial charge in [-0.1, -0.05) is 0 Å². The molecule has 0 aromatic heterocycles. The molecule has 0 bridgehead atoms. The number of alkyl halides is 3. The Hall–Kier alpha value is -0.470.